The van der Waals surface area contributed by atoms with E-state index in [1.54, 1.807) is 10.9 Å². The Hall–Kier alpha value is -2.47. The molecular weight excluding hydrogens is 324 g/mol. The molecule has 0 spiro atoms. The van der Waals surface area contributed by atoms with Crippen LogP contribution in [0.25, 0.3) is 5.69 Å². The molecule has 0 atom stereocenters. The molecule has 23 heavy (non-hydrogen) atoms. The second-order valence-corrected chi connectivity index (χ2v) is 5.17. The van der Waals surface area contributed by atoms with Crippen LogP contribution in [0.15, 0.2) is 55.0 Å². The Labute approximate surface area is 136 Å². The predicted octanol–water partition coefficient (Wildman–Crippen LogP) is 4.11. The fourth-order valence-corrected chi connectivity index (χ4v) is 2.38. The Kier molecular flexibility index (Phi) is 4.52. The fraction of sp³-hybridized carbons (Fsp3) is 0.125. The third kappa shape index (κ3) is 3.84. The number of hydrogen-bond donors (Lipinski definition) is 0. The number of halogens is 3. The standard InChI is InChI=1S/C16H12ClF2N3O/c17-15-9-12(14(10-20-15)23-16(18)19)8-11-2-4-13(5-3-11)22-7-1-6-21-22/h1-7,9-10,16H,8H2. The van der Waals surface area contributed by atoms with E-state index in [2.05, 4.69) is 14.8 Å². The van der Waals surface area contributed by atoms with Gasteiger partial charge in [-0.3, -0.25) is 0 Å². The Bertz CT molecular complexity index is 777. The first-order chi connectivity index (χ1) is 11.1. The highest BCUT2D eigenvalue weighted by atomic mass is 35.5. The van der Waals surface area contributed by atoms with Gasteiger partial charge in [0.05, 0.1) is 11.9 Å². The van der Waals surface area contributed by atoms with Gasteiger partial charge in [0.1, 0.15) is 10.9 Å². The van der Waals surface area contributed by atoms with Gasteiger partial charge in [-0.05, 0) is 29.8 Å². The molecule has 3 aromatic rings. The minimum atomic E-state index is -2.90. The molecule has 2 aromatic heterocycles. The number of hydrogen-bond acceptors (Lipinski definition) is 3. The van der Waals surface area contributed by atoms with Gasteiger partial charge in [-0.1, -0.05) is 23.7 Å². The molecule has 0 bridgehead atoms. The van der Waals surface area contributed by atoms with Gasteiger partial charge in [0.2, 0.25) is 0 Å². The van der Waals surface area contributed by atoms with Gasteiger partial charge in [-0.15, -0.1) is 0 Å². The normalized spacial score (nSPS) is 11.0. The van der Waals surface area contributed by atoms with Crippen molar-refractivity contribution >= 4 is 11.6 Å². The maximum absolute atomic E-state index is 12.5. The van der Waals surface area contributed by atoms with Crippen molar-refractivity contribution in [2.75, 3.05) is 0 Å². The molecule has 118 valence electrons. The Morgan fingerprint density at radius 3 is 2.65 bits per heavy atom. The molecule has 3 rings (SSSR count). The highest BCUT2D eigenvalue weighted by molar-refractivity contribution is 6.29. The second-order valence-electron chi connectivity index (χ2n) is 4.79. The van der Waals surface area contributed by atoms with Crippen LogP contribution in [0.3, 0.4) is 0 Å². The molecule has 2 heterocycles. The smallest absolute Gasteiger partial charge is 0.387 e. The highest BCUT2D eigenvalue weighted by Crippen LogP contribution is 2.25. The molecule has 0 unspecified atom stereocenters. The zero-order valence-corrected chi connectivity index (χ0v) is 12.6. The number of pyridine rings is 1. The van der Waals surface area contributed by atoms with Crippen molar-refractivity contribution in [3.8, 4) is 11.4 Å². The van der Waals surface area contributed by atoms with Crippen LogP contribution >= 0.6 is 11.6 Å². The molecule has 1 aromatic carbocycles. The van der Waals surface area contributed by atoms with Gasteiger partial charge in [0.25, 0.3) is 0 Å². The molecule has 0 saturated heterocycles. The summed E-state index contributed by atoms with van der Waals surface area (Å²) in [5.41, 5.74) is 2.40. The Balaban J connectivity index is 1.83. The Morgan fingerprint density at radius 2 is 2.00 bits per heavy atom. The number of ether oxygens (including phenoxy) is 1. The molecule has 0 saturated carbocycles. The van der Waals surface area contributed by atoms with E-state index >= 15 is 0 Å². The van der Waals surface area contributed by atoms with E-state index in [0.717, 1.165) is 11.3 Å². The molecule has 0 N–H and O–H groups in total. The van der Waals surface area contributed by atoms with Crippen molar-refractivity contribution in [1.82, 2.24) is 14.8 Å². The zero-order chi connectivity index (χ0) is 16.2. The summed E-state index contributed by atoms with van der Waals surface area (Å²) in [5.74, 6) is 0.0283. The molecule has 0 radical (unpaired) electrons. The summed E-state index contributed by atoms with van der Waals surface area (Å²) in [6.45, 7) is -2.90. The fourth-order valence-electron chi connectivity index (χ4n) is 2.20. The van der Waals surface area contributed by atoms with Crippen molar-refractivity contribution in [3.63, 3.8) is 0 Å². The first kappa shape index (κ1) is 15.4. The van der Waals surface area contributed by atoms with Gasteiger partial charge in [0, 0.05) is 24.4 Å². The van der Waals surface area contributed by atoms with E-state index in [1.165, 1.54) is 12.3 Å². The lowest BCUT2D eigenvalue weighted by molar-refractivity contribution is -0.0506. The summed E-state index contributed by atoms with van der Waals surface area (Å²) in [7, 11) is 0. The van der Waals surface area contributed by atoms with Crippen molar-refractivity contribution in [3.05, 3.63) is 71.3 Å². The molecule has 0 fully saturated rings. The SMILES string of the molecule is FC(F)Oc1cnc(Cl)cc1Cc1ccc(-n2cccn2)cc1. The number of rotatable bonds is 5. The maximum atomic E-state index is 12.5. The lowest BCUT2D eigenvalue weighted by Crippen LogP contribution is -2.05. The van der Waals surface area contributed by atoms with E-state index < -0.39 is 6.61 Å². The number of alkyl halides is 2. The quantitative estimate of drug-likeness (QED) is 0.659. The van der Waals surface area contributed by atoms with Crippen LogP contribution in [0.2, 0.25) is 5.15 Å². The Morgan fingerprint density at radius 1 is 1.22 bits per heavy atom. The number of nitrogens with zero attached hydrogens (tertiary/aromatic N) is 3. The van der Waals surface area contributed by atoms with Crippen molar-refractivity contribution < 1.29 is 13.5 Å². The summed E-state index contributed by atoms with van der Waals surface area (Å²) >= 11 is 5.85. The van der Waals surface area contributed by atoms with Gasteiger partial charge < -0.3 is 4.74 Å². The highest BCUT2D eigenvalue weighted by Gasteiger charge is 2.12. The number of aromatic nitrogens is 3. The average molecular weight is 336 g/mol. The summed E-state index contributed by atoms with van der Waals surface area (Å²) < 4.78 is 31.1. The lowest BCUT2D eigenvalue weighted by Gasteiger charge is -2.11. The lowest BCUT2D eigenvalue weighted by atomic mass is 10.1. The third-order valence-corrected chi connectivity index (χ3v) is 3.44. The maximum Gasteiger partial charge on any atom is 0.387 e. The van der Waals surface area contributed by atoms with E-state index in [0.29, 0.717) is 12.0 Å². The largest absolute Gasteiger partial charge is 0.433 e. The van der Waals surface area contributed by atoms with Crippen molar-refractivity contribution in [2.24, 2.45) is 0 Å². The van der Waals surface area contributed by atoms with Crippen molar-refractivity contribution in [2.45, 2.75) is 13.0 Å². The molecule has 0 aliphatic rings. The predicted molar refractivity (Wildman–Crippen MR) is 82.2 cm³/mol. The minimum Gasteiger partial charge on any atom is -0.433 e. The second kappa shape index (κ2) is 6.75. The molecule has 0 aliphatic heterocycles. The van der Waals surface area contributed by atoms with E-state index in [9.17, 15) is 8.78 Å². The molecule has 7 heteroatoms. The van der Waals surface area contributed by atoms with Crippen LogP contribution in [0.1, 0.15) is 11.1 Å². The molecular formula is C16H12ClF2N3O. The monoisotopic (exact) mass is 335 g/mol. The first-order valence-corrected chi connectivity index (χ1v) is 7.18. The van der Waals surface area contributed by atoms with E-state index in [-0.39, 0.29) is 10.9 Å². The minimum absolute atomic E-state index is 0.0283. The summed E-state index contributed by atoms with van der Waals surface area (Å²) in [4.78, 5) is 3.78. The van der Waals surface area contributed by atoms with E-state index in [4.69, 9.17) is 11.6 Å². The van der Waals surface area contributed by atoms with Crippen LogP contribution in [0.5, 0.6) is 5.75 Å². The number of benzene rings is 1. The van der Waals surface area contributed by atoms with E-state index in [1.807, 2.05) is 36.5 Å². The van der Waals surface area contributed by atoms with Crippen LogP contribution in [-0.4, -0.2) is 21.4 Å². The summed E-state index contributed by atoms with van der Waals surface area (Å²) in [6, 6.07) is 11.0. The van der Waals surface area contributed by atoms with Crippen molar-refractivity contribution in [1.29, 1.82) is 0 Å². The summed E-state index contributed by atoms with van der Waals surface area (Å²) in [5, 5.41) is 4.38. The van der Waals surface area contributed by atoms with Gasteiger partial charge >= 0.3 is 6.61 Å². The van der Waals surface area contributed by atoms with Gasteiger partial charge in [-0.25, -0.2) is 9.67 Å². The van der Waals surface area contributed by atoms with Crippen LogP contribution in [0.4, 0.5) is 8.78 Å². The van der Waals surface area contributed by atoms with Crippen LogP contribution in [-0.2, 0) is 6.42 Å². The van der Waals surface area contributed by atoms with Gasteiger partial charge in [-0.2, -0.15) is 13.9 Å². The zero-order valence-electron chi connectivity index (χ0n) is 11.9. The molecule has 0 aliphatic carbocycles. The van der Waals surface area contributed by atoms with Crippen LogP contribution in [0, 0.1) is 0 Å². The third-order valence-electron chi connectivity index (χ3n) is 3.23. The molecule has 4 nitrogen and oxygen atoms in total. The van der Waals surface area contributed by atoms with Crippen LogP contribution < -0.4 is 4.74 Å². The average Bonchev–Trinajstić information content (AvgIpc) is 3.05. The first-order valence-electron chi connectivity index (χ1n) is 6.80. The molecule has 0 amide bonds. The topological polar surface area (TPSA) is 39.9 Å². The summed E-state index contributed by atoms with van der Waals surface area (Å²) in [6.07, 6.45) is 5.15. The van der Waals surface area contributed by atoms with Gasteiger partial charge in [0.15, 0.2) is 0 Å².